The van der Waals surface area contributed by atoms with Gasteiger partial charge in [0.25, 0.3) is 0 Å². The van der Waals surface area contributed by atoms with E-state index in [0.29, 0.717) is 48.4 Å². The number of phenolic OH excluding ortho intramolecular Hbond substituents is 1. The molecule has 0 unspecified atom stereocenters. The van der Waals surface area contributed by atoms with Gasteiger partial charge in [-0.2, -0.15) is 0 Å². The molecular formula is C24H25NO6. The molecule has 0 aliphatic carbocycles. The largest absolute Gasteiger partial charge is 0.507 e. The summed E-state index contributed by atoms with van der Waals surface area (Å²) < 4.78 is 23.0. The predicted octanol–water partition coefficient (Wildman–Crippen LogP) is 3.80. The molecule has 0 saturated carbocycles. The van der Waals surface area contributed by atoms with Crippen LogP contribution in [0.5, 0.6) is 23.0 Å². The van der Waals surface area contributed by atoms with Crippen LogP contribution in [-0.4, -0.2) is 49.5 Å². The lowest BCUT2D eigenvalue weighted by Crippen LogP contribution is -2.33. The molecule has 1 saturated heterocycles. The first kappa shape index (κ1) is 19.8. The molecule has 0 atom stereocenters. The number of fused-ring (bicyclic) bond motifs is 2. The van der Waals surface area contributed by atoms with Gasteiger partial charge in [-0.15, -0.1) is 0 Å². The van der Waals surface area contributed by atoms with Crippen molar-refractivity contribution in [2.24, 2.45) is 0 Å². The summed E-state index contributed by atoms with van der Waals surface area (Å²) in [5.74, 6) is 2.00. The van der Waals surface area contributed by atoms with E-state index in [9.17, 15) is 9.90 Å². The van der Waals surface area contributed by atoms with Crippen molar-refractivity contribution in [2.75, 3.05) is 39.5 Å². The number of ether oxygens (including phenoxy) is 3. The Bertz CT molecular complexity index is 1150. The van der Waals surface area contributed by atoms with Gasteiger partial charge in [-0.25, -0.2) is 0 Å². The lowest BCUT2D eigenvalue weighted by Gasteiger charge is -2.26. The predicted molar refractivity (Wildman–Crippen MR) is 116 cm³/mol. The van der Waals surface area contributed by atoms with E-state index in [1.807, 2.05) is 6.07 Å². The Morgan fingerprint density at radius 3 is 2.61 bits per heavy atom. The minimum Gasteiger partial charge on any atom is -0.507 e. The molecule has 7 nitrogen and oxygen atoms in total. The van der Waals surface area contributed by atoms with Crippen LogP contribution in [0, 0.1) is 0 Å². The molecule has 2 aliphatic rings. The molecular weight excluding hydrogens is 398 g/mol. The van der Waals surface area contributed by atoms with Crippen LogP contribution in [-0.2, 0) is 0 Å². The van der Waals surface area contributed by atoms with E-state index in [2.05, 4.69) is 4.90 Å². The van der Waals surface area contributed by atoms with Gasteiger partial charge in [-0.1, -0.05) is 6.42 Å². The highest BCUT2D eigenvalue weighted by molar-refractivity contribution is 5.86. The Kier molecular flexibility index (Phi) is 5.42. The molecule has 1 aromatic heterocycles. The van der Waals surface area contributed by atoms with E-state index < -0.39 is 0 Å². The lowest BCUT2D eigenvalue weighted by molar-refractivity contribution is 0.171. The second kappa shape index (κ2) is 8.51. The molecule has 0 amide bonds. The summed E-state index contributed by atoms with van der Waals surface area (Å²) in [4.78, 5) is 15.1. The molecule has 7 heteroatoms. The van der Waals surface area contributed by atoms with E-state index in [1.54, 1.807) is 18.2 Å². The number of nitrogens with zero attached hydrogens (tertiary/aromatic N) is 1. The normalized spacial score (nSPS) is 16.4. The number of hydrogen-bond acceptors (Lipinski definition) is 7. The van der Waals surface area contributed by atoms with Crippen molar-refractivity contribution in [1.29, 1.82) is 0 Å². The second-order valence-electron chi connectivity index (χ2n) is 7.90. The first-order valence-corrected chi connectivity index (χ1v) is 10.7. The molecule has 0 bridgehead atoms. The third kappa shape index (κ3) is 4.18. The summed E-state index contributed by atoms with van der Waals surface area (Å²) in [6.07, 6.45) is 3.75. The number of hydrogen-bond donors (Lipinski definition) is 1. The molecule has 0 radical (unpaired) electrons. The molecule has 3 aromatic rings. The van der Waals surface area contributed by atoms with E-state index in [-0.39, 0.29) is 22.1 Å². The Morgan fingerprint density at radius 1 is 0.968 bits per heavy atom. The van der Waals surface area contributed by atoms with Crippen molar-refractivity contribution in [2.45, 2.75) is 19.3 Å². The molecule has 1 fully saturated rings. The Morgan fingerprint density at radius 2 is 1.77 bits per heavy atom. The fourth-order valence-corrected chi connectivity index (χ4v) is 4.14. The zero-order chi connectivity index (χ0) is 21.2. The number of likely N-dealkylation sites (tertiary alicyclic amines) is 1. The zero-order valence-corrected chi connectivity index (χ0v) is 17.3. The zero-order valence-electron chi connectivity index (χ0n) is 17.3. The number of aromatic hydroxyl groups is 1. The average molecular weight is 423 g/mol. The van der Waals surface area contributed by atoms with Crippen molar-refractivity contribution in [3.8, 4) is 34.3 Å². The van der Waals surface area contributed by atoms with Gasteiger partial charge in [0.2, 0.25) is 0 Å². The summed E-state index contributed by atoms with van der Waals surface area (Å²) in [7, 11) is 0. The SMILES string of the molecule is O=c1cc(-c2ccc3c(c2)OCCO3)oc2cc(OCCN3CCCCC3)cc(O)c12. The van der Waals surface area contributed by atoms with Gasteiger partial charge in [0, 0.05) is 30.3 Å². The maximum atomic E-state index is 12.7. The van der Waals surface area contributed by atoms with E-state index >= 15 is 0 Å². The number of phenols is 1. The quantitative estimate of drug-likeness (QED) is 0.668. The van der Waals surface area contributed by atoms with Gasteiger partial charge in [0.1, 0.15) is 48.0 Å². The number of piperidine rings is 1. The molecule has 2 aliphatic heterocycles. The molecule has 2 aromatic carbocycles. The van der Waals surface area contributed by atoms with Crippen molar-refractivity contribution in [1.82, 2.24) is 4.90 Å². The van der Waals surface area contributed by atoms with Crippen LogP contribution in [0.4, 0.5) is 0 Å². The van der Waals surface area contributed by atoms with Gasteiger partial charge < -0.3 is 23.7 Å². The number of benzene rings is 2. The van der Waals surface area contributed by atoms with Crippen LogP contribution < -0.4 is 19.6 Å². The van der Waals surface area contributed by atoms with Gasteiger partial charge in [-0.05, 0) is 44.1 Å². The van der Waals surface area contributed by atoms with E-state index in [0.717, 1.165) is 19.6 Å². The molecule has 162 valence electrons. The Balaban J connectivity index is 1.41. The van der Waals surface area contributed by atoms with Crippen molar-refractivity contribution < 1.29 is 23.7 Å². The van der Waals surface area contributed by atoms with Gasteiger partial charge in [0.05, 0.1) is 0 Å². The summed E-state index contributed by atoms with van der Waals surface area (Å²) in [6.45, 7) is 4.53. The van der Waals surface area contributed by atoms with Crippen LogP contribution in [0.1, 0.15) is 19.3 Å². The van der Waals surface area contributed by atoms with Crippen LogP contribution >= 0.6 is 0 Å². The van der Waals surface area contributed by atoms with E-state index in [4.69, 9.17) is 18.6 Å². The summed E-state index contributed by atoms with van der Waals surface area (Å²) in [5.41, 5.74) is 0.660. The topological polar surface area (TPSA) is 81.4 Å². The molecule has 31 heavy (non-hydrogen) atoms. The Hall–Kier alpha value is -3.19. The van der Waals surface area contributed by atoms with Gasteiger partial charge >= 0.3 is 0 Å². The fourth-order valence-electron chi connectivity index (χ4n) is 4.14. The maximum Gasteiger partial charge on any atom is 0.197 e. The Labute approximate surface area is 179 Å². The fraction of sp³-hybridized carbons (Fsp3) is 0.375. The molecule has 1 N–H and O–H groups in total. The minimum absolute atomic E-state index is 0.143. The van der Waals surface area contributed by atoms with Crippen molar-refractivity contribution >= 4 is 11.0 Å². The van der Waals surface area contributed by atoms with Crippen LogP contribution in [0.2, 0.25) is 0 Å². The molecule has 0 spiro atoms. The first-order valence-electron chi connectivity index (χ1n) is 10.7. The second-order valence-corrected chi connectivity index (χ2v) is 7.90. The van der Waals surface area contributed by atoms with Crippen molar-refractivity contribution in [3.05, 3.63) is 46.6 Å². The summed E-state index contributed by atoms with van der Waals surface area (Å²) >= 11 is 0. The first-order chi connectivity index (χ1) is 15.2. The minimum atomic E-state index is -0.316. The number of rotatable bonds is 5. The van der Waals surface area contributed by atoms with E-state index in [1.165, 1.54) is 31.4 Å². The van der Waals surface area contributed by atoms with Crippen molar-refractivity contribution in [3.63, 3.8) is 0 Å². The standard InChI is InChI=1S/C24H25NO6/c26-18-13-17(28-9-8-25-6-2-1-3-7-25)14-23-24(18)19(27)15-21(31-23)16-4-5-20-22(12-16)30-11-10-29-20/h4-5,12-15,26H,1-3,6-11H2. The van der Waals surface area contributed by atoms with Crippen LogP contribution in [0.15, 0.2) is 45.6 Å². The smallest absolute Gasteiger partial charge is 0.197 e. The highest BCUT2D eigenvalue weighted by atomic mass is 16.6. The average Bonchev–Trinajstić information content (AvgIpc) is 2.79. The van der Waals surface area contributed by atoms with Gasteiger partial charge in [-0.3, -0.25) is 9.69 Å². The third-order valence-electron chi connectivity index (χ3n) is 5.73. The summed E-state index contributed by atoms with van der Waals surface area (Å²) in [5, 5.41) is 10.6. The van der Waals surface area contributed by atoms with Crippen LogP contribution in [0.25, 0.3) is 22.3 Å². The summed E-state index contributed by atoms with van der Waals surface area (Å²) in [6, 6.07) is 9.91. The van der Waals surface area contributed by atoms with Crippen LogP contribution in [0.3, 0.4) is 0 Å². The lowest BCUT2D eigenvalue weighted by atomic mass is 10.1. The molecule has 5 rings (SSSR count). The maximum absolute atomic E-state index is 12.7. The monoisotopic (exact) mass is 423 g/mol. The molecule has 3 heterocycles. The highest BCUT2D eigenvalue weighted by Crippen LogP contribution is 2.36. The highest BCUT2D eigenvalue weighted by Gasteiger charge is 2.17. The third-order valence-corrected chi connectivity index (χ3v) is 5.73. The van der Waals surface area contributed by atoms with Gasteiger partial charge in [0.15, 0.2) is 16.9 Å².